The van der Waals surface area contributed by atoms with Gasteiger partial charge in [0, 0.05) is 42.4 Å². The molecule has 4 rings (SSSR count). The third kappa shape index (κ3) is 4.87. The molecule has 1 fully saturated rings. The second-order valence-corrected chi connectivity index (χ2v) is 8.82. The molecular weight excluding hydrogens is 436 g/mol. The molecule has 3 aromatic carbocycles. The third-order valence-electron chi connectivity index (χ3n) is 5.79. The van der Waals surface area contributed by atoms with E-state index >= 15 is 0 Å². The molecule has 0 aromatic heterocycles. The first-order valence-corrected chi connectivity index (χ1v) is 10.9. The largest absolute Gasteiger partial charge is 0.299 e. The van der Waals surface area contributed by atoms with Crippen LogP contribution in [0.1, 0.15) is 28.2 Å². The number of benzene rings is 3. The van der Waals surface area contributed by atoms with Gasteiger partial charge in [0.25, 0.3) is 0 Å². The minimum Gasteiger partial charge on any atom is -0.299 e. The monoisotopic (exact) mass is 458 g/mol. The number of likely N-dealkylation sites (tertiary alicyclic amines) is 1. The minimum absolute atomic E-state index is 0.0775. The zero-order valence-corrected chi connectivity index (χ0v) is 18.3. The number of halogens is 1. The molecule has 0 bridgehead atoms. The summed E-state index contributed by atoms with van der Waals surface area (Å²) in [6, 6.07) is 28.3. The van der Waals surface area contributed by atoms with E-state index in [4.69, 9.17) is 0 Å². The van der Waals surface area contributed by atoms with Crippen molar-refractivity contribution in [3.8, 4) is 6.07 Å². The number of nitrogens with zero attached hydrogens (tertiary/aromatic N) is 2. The molecule has 150 valence electrons. The number of ketones is 1. The number of hydrogen-bond donors (Lipinski definition) is 0. The van der Waals surface area contributed by atoms with Gasteiger partial charge in [-0.1, -0.05) is 70.5 Å². The Bertz CT molecular complexity index is 1060. The maximum atomic E-state index is 13.3. The third-order valence-corrected chi connectivity index (χ3v) is 6.32. The molecular formula is C26H23BrN2O. The molecule has 2 unspecified atom stereocenters. The molecule has 0 amide bonds. The quantitative estimate of drug-likeness (QED) is 0.499. The number of nitriles is 1. The highest BCUT2D eigenvalue weighted by atomic mass is 79.9. The van der Waals surface area contributed by atoms with Crippen LogP contribution in [-0.4, -0.2) is 23.8 Å². The van der Waals surface area contributed by atoms with Crippen LogP contribution in [0.2, 0.25) is 0 Å². The summed E-state index contributed by atoms with van der Waals surface area (Å²) in [5.41, 5.74) is 4.02. The van der Waals surface area contributed by atoms with Crippen molar-refractivity contribution >= 4 is 21.7 Å². The van der Waals surface area contributed by atoms with Crippen molar-refractivity contribution in [1.82, 2.24) is 4.90 Å². The van der Waals surface area contributed by atoms with Crippen LogP contribution < -0.4 is 0 Å². The molecule has 1 heterocycles. The Morgan fingerprint density at radius 2 is 1.73 bits per heavy atom. The van der Waals surface area contributed by atoms with Gasteiger partial charge in [-0.2, -0.15) is 5.26 Å². The van der Waals surface area contributed by atoms with Gasteiger partial charge in [0.1, 0.15) is 5.78 Å². The fourth-order valence-electron chi connectivity index (χ4n) is 4.29. The molecule has 1 saturated heterocycles. The Kier molecular flexibility index (Phi) is 6.42. The van der Waals surface area contributed by atoms with Crippen molar-refractivity contribution in [1.29, 1.82) is 5.26 Å². The van der Waals surface area contributed by atoms with E-state index in [1.165, 1.54) is 5.56 Å². The Hall–Kier alpha value is -2.74. The molecule has 4 heteroatoms. The molecule has 1 aliphatic rings. The van der Waals surface area contributed by atoms with Gasteiger partial charge in [-0.3, -0.25) is 9.69 Å². The van der Waals surface area contributed by atoms with Crippen LogP contribution >= 0.6 is 15.9 Å². The van der Waals surface area contributed by atoms with Crippen molar-refractivity contribution in [2.24, 2.45) is 5.92 Å². The van der Waals surface area contributed by atoms with Gasteiger partial charge in [-0.05, 0) is 41.0 Å². The molecule has 0 radical (unpaired) electrons. The Balaban J connectivity index is 1.57. The van der Waals surface area contributed by atoms with Crippen molar-refractivity contribution < 1.29 is 4.79 Å². The molecule has 2 atom stereocenters. The van der Waals surface area contributed by atoms with E-state index in [0.717, 1.165) is 35.2 Å². The summed E-state index contributed by atoms with van der Waals surface area (Å²) < 4.78 is 1.01. The second-order valence-electron chi connectivity index (χ2n) is 7.90. The molecule has 1 aliphatic heterocycles. The summed E-state index contributed by atoms with van der Waals surface area (Å²) in [6.45, 7) is 2.39. The van der Waals surface area contributed by atoms with E-state index < -0.39 is 0 Å². The highest BCUT2D eigenvalue weighted by Crippen LogP contribution is 2.35. The number of carbonyl (C=O) groups excluding carboxylic acids is 1. The minimum atomic E-state index is -0.0775. The topological polar surface area (TPSA) is 44.1 Å². The van der Waals surface area contributed by atoms with Crippen molar-refractivity contribution in [3.05, 3.63) is 106 Å². The molecule has 0 aliphatic carbocycles. The van der Waals surface area contributed by atoms with Crippen LogP contribution in [0.4, 0.5) is 0 Å². The molecule has 3 aromatic rings. The van der Waals surface area contributed by atoms with Gasteiger partial charge in [0.05, 0.1) is 11.6 Å². The first-order valence-electron chi connectivity index (χ1n) is 10.2. The van der Waals surface area contributed by atoms with Crippen LogP contribution in [0, 0.1) is 17.2 Å². The summed E-state index contributed by atoms with van der Waals surface area (Å²) in [5, 5.41) is 9.31. The lowest BCUT2D eigenvalue weighted by Crippen LogP contribution is -2.25. The Morgan fingerprint density at radius 3 is 2.47 bits per heavy atom. The van der Waals surface area contributed by atoms with Crippen molar-refractivity contribution in [2.45, 2.75) is 18.9 Å². The summed E-state index contributed by atoms with van der Waals surface area (Å²) in [4.78, 5) is 15.7. The number of Topliss-reactive ketones (excluding diaryl/α,β-unsaturated/α-hetero) is 1. The molecule has 0 N–H and O–H groups in total. The highest BCUT2D eigenvalue weighted by Gasteiger charge is 2.38. The maximum Gasteiger partial charge on any atom is 0.142 e. The van der Waals surface area contributed by atoms with E-state index in [0.29, 0.717) is 12.0 Å². The van der Waals surface area contributed by atoms with Gasteiger partial charge in [0.15, 0.2) is 0 Å². The molecule has 0 saturated carbocycles. The van der Waals surface area contributed by atoms with E-state index in [2.05, 4.69) is 57.2 Å². The van der Waals surface area contributed by atoms with Gasteiger partial charge in [0.2, 0.25) is 0 Å². The maximum absolute atomic E-state index is 13.3. The molecule has 30 heavy (non-hydrogen) atoms. The average Bonchev–Trinajstić information content (AvgIpc) is 3.20. The van der Waals surface area contributed by atoms with Gasteiger partial charge >= 0.3 is 0 Å². The molecule has 0 spiro atoms. The zero-order chi connectivity index (χ0) is 20.9. The van der Waals surface area contributed by atoms with E-state index in [-0.39, 0.29) is 17.6 Å². The summed E-state index contributed by atoms with van der Waals surface area (Å²) >= 11 is 3.45. The van der Waals surface area contributed by atoms with Crippen molar-refractivity contribution in [3.63, 3.8) is 0 Å². The lowest BCUT2D eigenvalue weighted by Gasteiger charge is -2.18. The fourth-order valence-corrected chi connectivity index (χ4v) is 4.56. The van der Waals surface area contributed by atoms with Gasteiger partial charge < -0.3 is 0 Å². The number of hydrogen-bond acceptors (Lipinski definition) is 3. The number of rotatable bonds is 6. The van der Waals surface area contributed by atoms with E-state index in [9.17, 15) is 10.1 Å². The van der Waals surface area contributed by atoms with Gasteiger partial charge in [-0.15, -0.1) is 0 Å². The summed E-state index contributed by atoms with van der Waals surface area (Å²) in [6.07, 6.45) is 0.436. The highest BCUT2D eigenvalue weighted by molar-refractivity contribution is 9.10. The fraction of sp³-hybridized carbons (Fsp3) is 0.231. The standard InChI is InChI=1S/C26H23BrN2O/c27-23-11-9-19(10-12-23)14-26(30)25-18-29(16-20-5-2-1-3-6-20)17-24(25)22-8-4-7-21(13-22)15-28/h1-13,24-25H,14,16-18H2. The van der Waals surface area contributed by atoms with Crippen molar-refractivity contribution in [2.75, 3.05) is 13.1 Å². The predicted molar refractivity (Wildman–Crippen MR) is 122 cm³/mol. The first kappa shape index (κ1) is 20.5. The Labute approximate surface area is 186 Å². The van der Waals surface area contributed by atoms with Crippen LogP contribution in [0.3, 0.4) is 0 Å². The lowest BCUT2D eigenvalue weighted by atomic mass is 9.84. The van der Waals surface area contributed by atoms with E-state index in [1.54, 1.807) is 0 Å². The van der Waals surface area contributed by atoms with Crippen LogP contribution in [0.25, 0.3) is 0 Å². The van der Waals surface area contributed by atoms with Crippen LogP contribution in [-0.2, 0) is 17.8 Å². The predicted octanol–water partition coefficient (Wildman–Crippen LogP) is 5.35. The van der Waals surface area contributed by atoms with Gasteiger partial charge in [-0.25, -0.2) is 0 Å². The van der Waals surface area contributed by atoms with E-state index in [1.807, 2.05) is 48.5 Å². The SMILES string of the molecule is N#Cc1cccc(C2CN(Cc3ccccc3)CC2C(=O)Cc2ccc(Br)cc2)c1. The summed E-state index contributed by atoms with van der Waals surface area (Å²) in [7, 11) is 0. The second kappa shape index (κ2) is 9.38. The van der Waals surface area contributed by atoms with Crippen LogP contribution in [0.5, 0.6) is 0 Å². The average molecular weight is 459 g/mol. The smallest absolute Gasteiger partial charge is 0.142 e. The normalized spacial score (nSPS) is 18.8. The lowest BCUT2D eigenvalue weighted by molar-refractivity contribution is -0.122. The number of carbonyl (C=O) groups is 1. The Morgan fingerprint density at radius 1 is 0.967 bits per heavy atom. The molecule has 3 nitrogen and oxygen atoms in total. The van der Waals surface area contributed by atoms with Crippen LogP contribution in [0.15, 0.2) is 83.3 Å². The summed E-state index contributed by atoms with van der Waals surface area (Å²) in [5.74, 6) is 0.288. The first-order chi connectivity index (χ1) is 14.6. The zero-order valence-electron chi connectivity index (χ0n) is 16.7.